The molecule has 0 aromatic heterocycles. The lowest BCUT2D eigenvalue weighted by molar-refractivity contribution is 0.339. The molecule has 0 spiro atoms. The molecule has 1 fully saturated rings. The minimum Gasteiger partial charge on any atom is -0.493 e. The number of para-hydroxylation sites is 1. The topological polar surface area (TPSA) is 21.3 Å². The maximum atomic E-state index is 5.63. The Hall–Kier alpha value is -1.28. The van der Waals surface area contributed by atoms with Gasteiger partial charge in [-0.25, -0.2) is 0 Å². The predicted molar refractivity (Wildman–Crippen MR) is 76.9 cm³/mol. The van der Waals surface area contributed by atoms with Crippen LogP contribution in [-0.4, -0.2) is 19.2 Å². The fourth-order valence-electron chi connectivity index (χ4n) is 2.34. The van der Waals surface area contributed by atoms with Crippen molar-refractivity contribution in [3.63, 3.8) is 0 Å². The zero-order valence-corrected chi connectivity index (χ0v) is 11.2. The molecule has 0 radical (unpaired) electrons. The van der Waals surface area contributed by atoms with Gasteiger partial charge in [0.25, 0.3) is 0 Å². The lowest BCUT2D eigenvalue weighted by Crippen LogP contribution is -2.25. The van der Waals surface area contributed by atoms with Gasteiger partial charge in [-0.2, -0.15) is 0 Å². The molecular formula is C16H23NO. The first-order valence-electron chi connectivity index (χ1n) is 7.03. The molecule has 1 heterocycles. The number of benzene rings is 1. The Kier molecular flexibility index (Phi) is 5.28. The zero-order chi connectivity index (χ0) is 12.6. The van der Waals surface area contributed by atoms with Gasteiger partial charge in [0.15, 0.2) is 0 Å². The molecule has 1 aliphatic heterocycles. The Morgan fingerprint density at radius 2 is 2.17 bits per heavy atom. The summed E-state index contributed by atoms with van der Waals surface area (Å²) in [6.45, 7) is 3.88. The second kappa shape index (κ2) is 7.22. The highest BCUT2D eigenvalue weighted by Crippen LogP contribution is 2.20. The van der Waals surface area contributed by atoms with E-state index in [-0.39, 0.29) is 0 Å². The van der Waals surface area contributed by atoms with Gasteiger partial charge in [-0.15, -0.1) is 0 Å². The predicted octanol–water partition coefficient (Wildman–Crippen LogP) is 3.63. The van der Waals surface area contributed by atoms with Gasteiger partial charge in [-0.1, -0.05) is 43.2 Å². The van der Waals surface area contributed by atoms with Gasteiger partial charge in [-0.05, 0) is 32.4 Å². The molecule has 2 heteroatoms. The highest BCUT2D eigenvalue weighted by molar-refractivity contribution is 5.57. The molecule has 1 unspecified atom stereocenters. The van der Waals surface area contributed by atoms with E-state index in [1.807, 2.05) is 19.1 Å². The number of hydrogen-bond acceptors (Lipinski definition) is 2. The molecule has 1 aromatic carbocycles. The summed E-state index contributed by atoms with van der Waals surface area (Å²) < 4.78 is 5.63. The van der Waals surface area contributed by atoms with Gasteiger partial charge >= 0.3 is 0 Å². The Labute approximate surface area is 110 Å². The third-order valence-corrected chi connectivity index (χ3v) is 3.33. The normalized spacial score (nSPS) is 20.8. The lowest BCUT2D eigenvalue weighted by atomic mass is 10.1. The van der Waals surface area contributed by atoms with Gasteiger partial charge in [0.05, 0.1) is 6.61 Å². The molecule has 1 aromatic rings. The lowest BCUT2D eigenvalue weighted by Gasteiger charge is -2.11. The van der Waals surface area contributed by atoms with Crippen LogP contribution in [-0.2, 0) is 0 Å². The summed E-state index contributed by atoms with van der Waals surface area (Å²) in [5.41, 5.74) is 1.17. The van der Waals surface area contributed by atoms with Crippen molar-refractivity contribution in [1.82, 2.24) is 5.32 Å². The van der Waals surface area contributed by atoms with E-state index in [0.29, 0.717) is 12.6 Å². The summed E-state index contributed by atoms with van der Waals surface area (Å²) in [7, 11) is 0. The van der Waals surface area contributed by atoms with Crippen molar-refractivity contribution in [2.75, 3.05) is 13.2 Å². The quantitative estimate of drug-likeness (QED) is 0.874. The van der Waals surface area contributed by atoms with Crippen molar-refractivity contribution >= 4 is 6.08 Å². The van der Waals surface area contributed by atoms with Crippen molar-refractivity contribution < 1.29 is 4.74 Å². The maximum Gasteiger partial charge on any atom is 0.126 e. The standard InChI is InChI=1S/C16H23NO/c1-2-18-16-10-6-5-8-14(16)11-12-15-9-4-3-7-13-17-15/h5-6,8,10-12,15,17H,2-4,7,9,13H2,1H3/b12-11+. The van der Waals surface area contributed by atoms with E-state index >= 15 is 0 Å². The van der Waals surface area contributed by atoms with Crippen LogP contribution in [0.5, 0.6) is 5.75 Å². The second-order valence-corrected chi connectivity index (χ2v) is 4.74. The highest BCUT2D eigenvalue weighted by Gasteiger charge is 2.07. The molecular weight excluding hydrogens is 222 g/mol. The summed E-state index contributed by atoms with van der Waals surface area (Å²) >= 11 is 0. The van der Waals surface area contributed by atoms with Crippen molar-refractivity contribution in [3.8, 4) is 5.75 Å². The molecule has 0 aliphatic carbocycles. The van der Waals surface area contributed by atoms with Crippen molar-refractivity contribution in [3.05, 3.63) is 35.9 Å². The van der Waals surface area contributed by atoms with Gasteiger partial charge < -0.3 is 10.1 Å². The van der Waals surface area contributed by atoms with Crippen LogP contribution in [0.4, 0.5) is 0 Å². The van der Waals surface area contributed by atoms with Crippen LogP contribution in [0.3, 0.4) is 0 Å². The molecule has 0 bridgehead atoms. The van der Waals surface area contributed by atoms with Crippen LogP contribution in [0, 0.1) is 0 Å². The van der Waals surface area contributed by atoms with E-state index in [2.05, 4.69) is 29.6 Å². The first kappa shape index (κ1) is 13.2. The highest BCUT2D eigenvalue weighted by atomic mass is 16.5. The van der Waals surface area contributed by atoms with Gasteiger partial charge in [0.1, 0.15) is 5.75 Å². The number of hydrogen-bond donors (Lipinski definition) is 1. The second-order valence-electron chi connectivity index (χ2n) is 4.74. The van der Waals surface area contributed by atoms with Crippen LogP contribution in [0.15, 0.2) is 30.3 Å². The number of ether oxygens (including phenoxy) is 1. The molecule has 2 nitrogen and oxygen atoms in total. The van der Waals surface area contributed by atoms with Crippen molar-refractivity contribution in [2.24, 2.45) is 0 Å². The van der Waals surface area contributed by atoms with E-state index in [4.69, 9.17) is 4.74 Å². The molecule has 1 N–H and O–H groups in total. The third-order valence-electron chi connectivity index (χ3n) is 3.33. The molecule has 2 rings (SSSR count). The molecule has 98 valence electrons. The van der Waals surface area contributed by atoms with E-state index < -0.39 is 0 Å². The summed E-state index contributed by atoms with van der Waals surface area (Å²) in [5, 5.41) is 3.58. The Morgan fingerprint density at radius 1 is 1.28 bits per heavy atom. The fraction of sp³-hybridized carbons (Fsp3) is 0.500. The first-order valence-corrected chi connectivity index (χ1v) is 7.03. The minimum absolute atomic E-state index is 0.516. The van der Waals surface area contributed by atoms with E-state index in [9.17, 15) is 0 Å². The maximum absolute atomic E-state index is 5.63. The monoisotopic (exact) mass is 245 g/mol. The zero-order valence-electron chi connectivity index (χ0n) is 11.2. The molecule has 18 heavy (non-hydrogen) atoms. The largest absolute Gasteiger partial charge is 0.493 e. The molecule has 1 aliphatic rings. The Balaban J connectivity index is 2.02. The van der Waals surface area contributed by atoms with Crippen LogP contribution < -0.4 is 10.1 Å². The number of nitrogens with one attached hydrogen (secondary N) is 1. The molecule has 1 atom stereocenters. The average Bonchev–Trinajstić information content (AvgIpc) is 2.67. The average molecular weight is 245 g/mol. The SMILES string of the molecule is CCOc1ccccc1/C=C/C1CCCCCN1. The fourth-order valence-corrected chi connectivity index (χ4v) is 2.34. The summed E-state index contributed by atoms with van der Waals surface area (Å²) in [6.07, 6.45) is 9.70. The molecule has 0 saturated carbocycles. The summed E-state index contributed by atoms with van der Waals surface area (Å²) in [4.78, 5) is 0. The van der Waals surface area contributed by atoms with Gasteiger partial charge in [-0.3, -0.25) is 0 Å². The smallest absolute Gasteiger partial charge is 0.126 e. The van der Waals surface area contributed by atoms with E-state index in [1.165, 1.54) is 31.2 Å². The minimum atomic E-state index is 0.516. The van der Waals surface area contributed by atoms with Crippen molar-refractivity contribution in [2.45, 2.75) is 38.6 Å². The molecule has 1 saturated heterocycles. The summed E-state index contributed by atoms with van der Waals surface area (Å²) in [5.74, 6) is 0.977. The Bertz CT molecular complexity index is 378. The van der Waals surface area contributed by atoms with E-state index in [1.54, 1.807) is 0 Å². The van der Waals surface area contributed by atoms with Crippen molar-refractivity contribution in [1.29, 1.82) is 0 Å². The number of rotatable bonds is 4. The van der Waals surface area contributed by atoms with Gasteiger partial charge in [0.2, 0.25) is 0 Å². The van der Waals surface area contributed by atoms with Crippen LogP contribution in [0.2, 0.25) is 0 Å². The third kappa shape index (κ3) is 3.88. The first-order chi connectivity index (χ1) is 8.90. The molecule has 0 amide bonds. The van der Waals surface area contributed by atoms with Crippen LogP contribution >= 0.6 is 0 Å². The Morgan fingerprint density at radius 3 is 3.06 bits per heavy atom. The van der Waals surface area contributed by atoms with Gasteiger partial charge in [0, 0.05) is 11.6 Å². The van der Waals surface area contributed by atoms with Crippen LogP contribution in [0.25, 0.3) is 6.08 Å². The van der Waals surface area contributed by atoms with E-state index in [0.717, 1.165) is 12.3 Å². The van der Waals surface area contributed by atoms with Crippen LogP contribution in [0.1, 0.15) is 38.2 Å². The summed E-state index contributed by atoms with van der Waals surface area (Å²) in [6, 6.07) is 8.73.